The van der Waals surface area contributed by atoms with Gasteiger partial charge in [0.2, 0.25) is 5.56 Å². The molecular weight excluding hydrogens is 208 g/mol. The number of H-pyrrole nitrogens is 1. The topological polar surface area (TPSA) is 82.2 Å². The molecule has 0 amide bonds. The van der Waals surface area contributed by atoms with Crippen LogP contribution in [0.1, 0.15) is 18.4 Å². The zero-order valence-corrected chi connectivity index (χ0v) is 9.40. The quantitative estimate of drug-likeness (QED) is 0.570. The Hall–Kier alpha value is -1.62. The fourth-order valence-electron chi connectivity index (χ4n) is 1.11. The number of aromatic nitrogens is 1. The van der Waals surface area contributed by atoms with Gasteiger partial charge in [0.05, 0.1) is 0 Å². The van der Waals surface area contributed by atoms with Gasteiger partial charge in [0.25, 0.3) is 6.47 Å². The molecule has 0 unspecified atom stereocenters. The molecular formula is C11H18N2O3. The van der Waals surface area contributed by atoms with E-state index in [1.54, 1.807) is 12.3 Å². The first kappa shape index (κ1) is 14.4. The minimum atomic E-state index is -0.250. The summed E-state index contributed by atoms with van der Waals surface area (Å²) in [7, 11) is 0. The molecule has 2 rings (SSSR count). The standard InChI is InChI=1S/C6H7NO.C4H9N.CH2O2/c1-5-2-3-6(8)7-4-5;1-2-4-5-3-1;2-1-3/h2-4H,1H3,(H,7,8);5H,1-4H2;1H,(H,2,3). The lowest BCUT2D eigenvalue weighted by Gasteiger charge is -1.83. The molecule has 90 valence electrons. The summed E-state index contributed by atoms with van der Waals surface area (Å²) in [6.07, 6.45) is 4.46. The average Bonchev–Trinajstić information content (AvgIpc) is 2.82. The molecule has 1 aliphatic heterocycles. The van der Waals surface area contributed by atoms with Crippen molar-refractivity contribution in [3.8, 4) is 0 Å². The van der Waals surface area contributed by atoms with Crippen LogP contribution in [0.3, 0.4) is 0 Å². The fourth-order valence-corrected chi connectivity index (χ4v) is 1.11. The van der Waals surface area contributed by atoms with Gasteiger partial charge in [-0.25, -0.2) is 0 Å². The Labute approximate surface area is 94.5 Å². The minimum Gasteiger partial charge on any atom is -0.483 e. The molecule has 3 N–H and O–H groups in total. The van der Waals surface area contributed by atoms with Crippen LogP contribution in [0.5, 0.6) is 0 Å². The van der Waals surface area contributed by atoms with Crippen LogP contribution in [0.25, 0.3) is 0 Å². The van der Waals surface area contributed by atoms with Gasteiger partial charge in [-0.1, -0.05) is 6.07 Å². The molecule has 1 fully saturated rings. The Kier molecular flexibility index (Phi) is 8.91. The van der Waals surface area contributed by atoms with E-state index in [0.29, 0.717) is 0 Å². The molecule has 16 heavy (non-hydrogen) atoms. The second-order valence-electron chi connectivity index (χ2n) is 3.29. The molecule has 1 aliphatic rings. The summed E-state index contributed by atoms with van der Waals surface area (Å²) < 4.78 is 0. The van der Waals surface area contributed by atoms with E-state index in [1.807, 2.05) is 6.92 Å². The number of carboxylic acid groups (broad SMARTS) is 1. The lowest BCUT2D eigenvalue weighted by Crippen LogP contribution is -2.03. The summed E-state index contributed by atoms with van der Waals surface area (Å²) in [5, 5.41) is 10.1. The summed E-state index contributed by atoms with van der Waals surface area (Å²) in [6, 6.07) is 3.29. The minimum absolute atomic E-state index is 0.0457. The molecule has 0 bridgehead atoms. The van der Waals surface area contributed by atoms with E-state index in [9.17, 15) is 4.79 Å². The largest absolute Gasteiger partial charge is 0.483 e. The van der Waals surface area contributed by atoms with Crippen molar-refractivity contribution >= 4 is 6.47 Å². The molecule has 0 aromatic carbocycles. The molecule has 1 aromatic heterocycles. The molecule has 0 atom stereocenters. The van der Waals surface area contributed by atoms with Gasteiger partial charge in [0, 0.05) is 12.3 Å². The highest BCUT2D eigenvalue weighted by Gasteiger charge is 1.93. The normalized spacial score (nSPS) is 12.8. The van der Waals surface area contributed by atoms with E-state index in [0.717, 1.165) is 5.56 Å². The number of aryl methyl sites for hydroxylation is 1. The summed E-state index contributed by atoms with van der Waals surface area (Å²) in [4.78, 5) is 21.3. The van der Waals surface area contributed by atoms with Crippen LogP contribution in [0.4, 0.5) is 0 Å². The van der Waals surface area contributed by atoms with Crippen LogP contribution in [0, 0.1) is 6.92 Å². The number of carbonyl (C=O) groups is 1. The predicted molar refractivity (Wildman–Crippen MR) is 62.6 cm³/mol. The smallest absolute Gasteiger partial charge is 0.290 e. The van der Waals surface area contributed by atoms with Gasteiger partial charge in [-0.15, -0.1) is 0 Å². The van der Waals surface area contributed by atoms with E-state index in [2.05, 4.69) is 10.3 Å². The SMILES string of the molecule is C1CCNC1.Cc1ccc(=O)[nH]c1.O=CO. The molecule has 1 saturated heterocycles. The van der Waals surface area contributed by atoms with Crippen LogP contribution >= 0.6 is 0 Å². The van der Waals surface area contributed by atoms with Crippen LogP contribution in [-0.2, 0) is 4.79 Å². The van der Waals surface area contributed by atoms with Gasteiger partial charge in [-0.2, -0.15) is 0 Å². The van der Waals surface area contributed by atoms with E-state index in [4.69, 9.17) is 9.90 Å². The van der Waals surface area contributed by atoms with Crippen molar-refractivity contribution in [2.75, 3.05) is 13.1 Å². The monoisotopic (exact) mass is 226 g/mol. The second kappa shape index (κ2) is 9.92. The van der Waals surface area contributed by atoms with Gasteiger partial charge in [0.15, 0.2) is 0 Å². The summed E-state index contributed by atoms with van der Waals surface area (Å²) >= 11 is 0. The predicted octanol–water partition coefficient (Wildman–Crippen LogP) is 0.754. The highest BCUT2D eigenvalue weighted by atomic mass is 16.3. The van der Waals surface area contributed by atoms with E-state index in [-0.39, 0.29) is 12.0 Å². The van der Waals surface area contributed by atoms with Crippen LogP contribution < -0.4 is 10.9 Å². The van der Waals surface area contributed by atoms with Crippen molar-refractivity contribution in [1.82, 2.24) is 10.3 Å². The van der Waals surface area contributed by atoms with E-state index in [1.165, 1.54) is 32.0 Å². The third kappa shape index (κ3) is 8.96. The second-order valence-corrected chi connectivity index (χ2v) is 3.29. The molecule has 0 saturated carbocycles. The third-order valence-corrected chi connectivity index (χ3v) is 1.90. The zero-order valence-electron chi connectivity index (χ0n) is 9.40. The van der Waals surface area contributed by atoms with Crippen LogP contribution in [0.2, 0.25) is 0 Å². The lowest BCUT2D eigenvalue weighted by molar-refractivity contribution is -0.122. The molecule has 0 spiro atoms. The van der Waals surface area contributed by atoms with Crippen molar-refractivity contribution in [2.45, 2.75) is 19.8 Å². The third-order valence-electron chi connectivity index (χ3n) is 1.90. The summed E-state index contributed by atoms with van der Waals surface area (Å²) in [5.74, 6) is 0. The van der Waals surface area contributed by atoms with Gasteiger partial charge >= 0.3 is 0 Å². The Morgan fingerprint density at radius 3 is 2.12 bits per heavy atom. The average molecular weight is 226 g/mol. The Morgan fingerprint density at radius 1 is 1.31 bits per heavy atom. The number of hydrogen-bond acceptors (Lipinski definition) is 3. The molecule has 1 aromatic rings. The summed E-state index contributed by atoms with van der Waals surface area (Å²) in [6.45, 7) is 4.18. The Morgan fingerprint density at radius 2 is 1.88 bits per heavy atom. The van der Waals surface area contributed by atoms with E-state index >= 15 is 0 Å². The number of rotatable bonds is 0. The maximum Gasteiger partial charge on any atom is 0.290 e. The van der Waals surface area contributed by atoms with E-state index < -0.39 is 0 Å². The Balaban J connectivity index is 0.000000241. The number of hydrogen-bond donors (Lipinski definition) is 3. The maximum absolute atomic E-state index is 10.4. The van der Waals surface area contributed by atoms with Gasteiger partial charge < -0.3 is 15.4 Å². The van der Waals surface area contributed by atoms with Gasteiger partial charge in [-0.3, -0.25) is 9.59 Å². The van der Waals surface area contributed by atoms with Gasteiger partial charge in [-0.05, 0) is 38.4 Å². The zero-order chi connectivity index (χ0) is 12.2. The first-order valence-electron chi connectivity index (χ1n) is 5.14. The van der Waals surface area contributed by atoms with Crippen LogP contribution in [0.15, 0.2) is 23.1 Å². The lowest BCUT2D eigenvalue weighted by atomic mass is 10.3. The molecule has 5 nitrogen and oxygen atoms in total. The van der Waals surface area contributed by atoms with Crippen LogP contribution in [-0.4, -0.2) is 29.7 Å². The van der Waals surface area contributed by atoms with Crippen molar-refractivity contribution < 1.29 is 9.90 Å². The number of pyridine rings is 1. The summed E-state index contributed by atoms with van der Waals surface area (Å²) in [5.41, 5.74) is 1.03. The highest BCUT2D eigenvalue weighted by Crippen LogP contribution is 1.90. The molecule has 0 radical (unpaired) electrons. The van der Waals surface area contributed by atoms with Gasteiger partial charge in [0.1, 0.15) is 0 Å². The fraction of sp³-hybridized carbons (Fsp3) is 0.455. The van der Waals surface area contributed by atoms with Crippen molar-refractivity contribution in [3.63, 3.8) is 0 Å². The van der Waals surface area contributed by atoms with Crippen molar-refractivity contribution in [2.24, 2.45) is 0 Å². The highest BCUT2D eigenvalue weighted by molar-refractivity contribution is 5.32. The Bertz CT molecular complexity index is 304. The maximum atomic E-state index is 10.4. The van der Waals surface area contributed by atoms with Crippen molar-refractivity contribution in [1.29, 1.82) is 0 Å². The molecule has 5 heteroatoms. The molecule has 2 heterocycles. The first-order chi connectivity index (χ1) is 7.70. The van der Waals surface area contributed by atoms with Crippen molar-refractivity contribution in [3.05, 3.63) is 34.2 Å². The number of aromatic amines is 1. The molecule has 0 aliphatic carbocycles. The number of nitrogens with one attached hydrogen (secondary N) is 2. The first-order valence-corrected chi connectivity index (χ1v) is 5.14.